The maximum Gasteiger partial charge on any atom is 0.315 e. The molecule has 5 heteroatoms. The Bertz CT molecular complexity index is 311. The van der Waals surface area contributed by atoms with Crippen molar-refractivity contribution in [3.8, 4) is 0 Å². The minimum atomic E-state index is -0.860. The van der Waals surface area contributed by atoms with Gasteiger partial charge in [-0.1, -0.05) is 41.0 Å². The highest BCUT2D eigenvalue weighted by atomic mass is 16.4. The van der Waals surface area contributed by atoms with Crippen LogP contribution in [0.3, 0.4) is 0 Å². The highest BCUT2D eigenvalue weighted by molar-refractivity contribution is 5.76. The third-order valence-electron chi connectivity index (χ3n) is 3.18. The minimum Gasteiger partial charge on any atom is -0.481 e. The van der Waals surface area contributed by atoms with Gasteiger partial charge in [0.1, 0.15) is 0 Å². The van der Waals surface area contributed by atoms with Crippen molar-refractivity contribution < 1.29 is 14.7 Å². The molecule has 0 spiro atoms. The Morgan fingerprint density at radius 3 is 2.20 bits per heavy atom. The summed E-state index contributed by atoms with van der Waals surface area (Å²) in [4.78, 5) is 23.0. The van der Waals surface area contributed by atoms with Crippen LogP contribution in [-0.2, 0) is 4.79 Å². The topological polar surface area (TPSA) is 78.4 Å². The van der Waals surface area contributed by atoms with Gasteiger partial charge >= 0.3 is 12.0 Å². The third kappa shape index (κ3) is 8.77. The van der Waals surface area contributed by atoms with Gasteiger partial charge in [0.15, 0.2) is 0 Å². The van der Waals surface area contributed by atoms with E-state index in [1.165, 1.54) is 0 Å². The monoisotopic (exact) mass is 286 g/mol. The largest absolute Gasteiger partial charge is 0.481 e. The van der Waals surface area contributed by atoms with Crippen molar-refractivity contribution in [2.24, 2.45) is 11.3 Å². The third-order valence-corrected chi connectivity index (χ3v) is 3.18. The molecule has 0 aliphatic rings. The van der Waals surface area contributed by atoms with Gasteiger partial charge in [-0.25, -0.2) is 4.79 Å². The van der Waals surface area contributed by atoms with Crippen molar-refractivity contribution in [1.29, 1.82) is 0 Å². The van der Waals surface area contributed by atoms with Crippen LogP contribution in [0.15, 0.2) is 0 Å². The summed E-state index contributed by atoms with van der Waals surface area (Å²) < 4.78 is 0. The summed E-state index contributed by atoms with van der Waals surface area (Å²) in [7, 11) is 0. The minimum absolute atomic E-state index is 0.0740. The molecule has 0 heterocycles. The van der Waals surface area contributed by atoms with E-state index in [1.54, 1.807) is 0 Å². The van der Waals surface area contributed by atoms with E-state index in [4.69, 9.17) is 0 Å². The fourth-order valence-electron chi connectivity index (χ4n) is 2.17. The molecular weight excluding hydrogens is 256 g/mol. The average molecular weight is 286 g/mol. The van der Waals surface area contributed by atoms with Gasteiger partial charge < -0.3 is 15.7 Å². The number of aliphatic carboxylic acids is 1. The molecule has 2 amide bonds. The van der Waals surface area contributed by atoms with Gasteiger partial charge in [-0.2, -0.15) is 0 Å². The summed E-state index contributed by atoms with van der Waals surface area (Å²) in [6.07, 6.45) is 3.37. The van der Waals surface area contributed by atoms with Crippen LogP contribution in [0.5, 0.6) is 0 Å². The van der Waals surface area contributed by atoms with Crippen molar-refractivity contribution in [1.82, 2.24) is 10.6 Å². The van der Waals surface area contributed by atoms with E-state index in [2.05, 4.69) is 17.6 Å². The quantitative estimate of drug-likeness (QED) is 0.642. The Labute approximate surface area is 122 Å². The van der Waals surface area contributed by atoms with Crippen LogP contribution in [0, 0.1) is 11.3 Å². The first-order valence-electron chi connectivity index (χ1n) is 7.46. The Morgan fingerprint density at radius 2 is 1.80 bits per heavy atom. The van der Waals surface area contributed by atoms with E-state index >= 15 is 0 Å². The number of carbonyl (C=O) groups is 2. The van der Waals surface area contributed by atoms with Crippen LogP contribution in [-0.4, -0.2) is 29.7 Å². The molecule has 20 heavy (non-hydrogen) atoms. The molecule has 0 saturated carbocycles. The first-order valence-corrected chi connectivity index (χ1v) is 7.46. The number of carboxylic acids is 1. The molecule has 0 saturated heterocycles. The zero-order valence-corrected chi connectivity index (χ0v) is 13.5. The molecule has 0 fully saturated rings. The fourth-order valence-corrected chi connectivity index (χ4v) is 2.17. The molecule has 118 valence electrons. The maximum atomic E-state index is 11.8. The summed E-state index contributed by atoms with van der Waals surface area (Å²) >= 11 is 0. The average Bonchev–Trinajstić information content (AvgIpc) is 2.32. The summed E-state index contributed by atoms with van der Waals surface area (Å²) in [5, 5.41) is 14.8. The number of carbonyl (C=O) groups excluding carboxylic acids is 1. The standard InChI is InChI=1S/C15H30N2O3/c1-6-8-12(7-2)17-14(20)16-10-11(13(18)19)9-15(3,4)5/h11-12H,6-10H2,1-5H3,(H,18,19)(H2,16,17,20). The van der Waals surface area contributed by atoms with Crippen LogP contribution in [0.4, 0.5) is 4.79 Å². The van der Waals surface area contributed by atoms with E-state index < -0.39 is 11.9 Å². The first kappa shape index (κ1) is 18.7. The molecule has 3 N–H and O–H groups in total. The molecule has 0 aromatic heterocycles. The number of carboxylic acid groups (broad SMARTS) is 1. The zero-order chi connectivity index (χ0) is 15.8. The second-order valence-corrected chi connectivity index (χ2v) is 6.55. The zero-order valence-electron chi connectivity index (χ0n) is 13.5. The molecule has 2 unspecified atom stereocenters. The van der Waals surface area contributed by atoms with Gasteiger partial charge in [-0.3, -0.25) is 4.79 Å². The van der Waals surface area contributed by atoms with Crippen LogP contribution >= 0.6 is 0 Å². The summed E-state index contributed by atoms with van der Waals surface area (Å²) in [5.41, 5.74) is -0.0740. The van der Waals surface area contributed by atoms with E-state index in [1.807, 2.05) is 27.7 Å². The number of hydrogen-bond acceptors (Lipinski definition) is 2. The van der Waals surface area contributed by atoms with Gasteiger partial charge in [0.2, 0.25) is 0 Å². The van der Waals surface area contributed by atoms with E-state index in [-0.39, 0.29) is 24.0 Å². The Balaban J connectivity index is 4.27. The Hall–Kier alpha value is -1.26. The summed E-state index contributed by atoms with van der Waals surface area (Å²) in [5.74, 6) is -1.41. The van der Waals surface area contributed by atoms with Gasteiger partial charge in [-0.05, 0) is 24.7 Å². The van der Waals surface area contributed by atoms with Gasteiger partial charge in [0.05, 0.1) is 5.92 Å². The van der Waals surface area contributed by atoms with Crippen LogP contribution in [0.1, 0.15) is 60.3 Å². The van der Waals surface area contributed by atoms with Crippen molar-refractivity contribution in [2.45, 2.75) is 66.3 Å². The van der Waals surface area contributed by atoms with Crippen LogP contribution in [0.2, 0.25) is 0 Å². The molecule has 0 aliphatic carbocycles. The van der Waals surface area contributed by atoms with E-state index in [0.717, 1.165) is 19.3 Å². The van der Waals surface area contributed by atoms with E-state index in [9.17, 15) is 14.7 Å². The van der Waals surface area contributed by atoms with Crippen molar-refractivity contribution >= 4 is 12.0 Å². The molecule has 0 bridgehead atoms. The lowest BCUT2D eigenvalue weighted by Gasteiger charge is -2.24. The molecule has 0 aliphatic heterocycles. The van der Waals surface area contributed by atoms with Gasteiger partial charge in [0.25, 0.3) is 0 Å². The number of hydrogen-bond donors (Lipinski definition) is 3. The molecule has 0 rings (SSSR count). The lowest BCUT2D eigenvalue weighted by molar-refractivity contribution is -0.142. The molecule has 0 aromatic rings. The lowest BCUT2D eigenvalue weighted by Crippen LogP contribution is -2.44. The second kappa shape index (κ2) is 8.82. The predicted molar refractivity (Wildman–Crippen MR) is 80.7 cm³/mol. The van der Waals surface area contributed by atoms with Gasteiger partial charge in [-0.15, -0.1) is 0 Å². The van der Waals surface area contributed by atoms with Crippen LogP contribution < -0.4 is 10.6 Å². The SMILES string of the molecule is CCCC(CC)NC(=O)NCC(CC(C)(C)C)C(=O)O. The number of urea groups is 1. The highest BCUT2D eigenvalue weighted by Crippen LogP contribution is 2.24. The lowest BCUT2D eigenvalue weighted by atomic mass is 9.84. The Kier molecular flexibility index (Phi) is 8.26. The molecular formula is C15H30N2O3. The first-order chi connectivity index (χ1) is 9.19. The molecule has 0 aromatic carbocycles. The van der Waals surface area contributed by atoms with Crippen molar-refractivity contribution in [3.63, 3.8) is 0 Å². The fraction of sp³-hybridized carbons (Fsp3) is 0.867. The number of nitrogens with one attached hydrogen (secondary N) is 2. The van der Waals surface area contributed by atoms with Crippen LogP contribution in [0.25, 0.3) is 0 Å². The van der Waals surface area contributed by atoms with Crippen molar-refractivity contribution in [3.05, 3.63) is 0 Å². The van der Waals surface area contributed by atoms with Crippen molar-refractivity contribution in [2.75, 3.05) is 6.54 Å². The molecule has 0 radical (unpaired) electrons. The summed E-state index contributed by atoms with van der Waals surface area (Å²) in [6.45, 7) is 10.3. The Morgan fingerprint density at radius 1 is 1.20 bits per heavy atom. The number of rotatable bonds is 8. The predicted octanol–water partition coefficient (Wildman–Crippen LogP) is 3.00. The van der Waals surface area contributed by atoms with E-state index in [0.29, 0.717) is 6.42 Å². The highest BCUT2D eigenvalue weighted by Gasteiger charge is 2.25. The number of amides is 2. The molecule has 5 nitrogen and oxygen atoms in total. The smallest absolute Gasteiger partial charge is 0.315 e. The second-order valence-electron chi connectivity index (χ2n) is 6.55. The molecule has 2 atom stereocenters. The normalized spacial score (nSPS) is 14.4. The summed E-state index contributed by atoms with van der Waals surface area (Å²) in [6, 6.07) is -0.114. The maximum absolute atomic E-state index is 11.8. The van der Waals surface area contributed by atoms with Gasteiger partial charge in [0, 0.05) is 12.6 Å².